The lowest BCUT2D eigenvalue weighted by Gasteiger charge is -2.38. The van der Waals surface area contributed by atoms with E-state index < -0.39 is 10.0 Å². The molecular formula is C10H21NO2S. The quantitative estimate of drug-likeness (QED) is 0.712. The largest absolute Gasteiger partial charge is 0.216 e. The number of rotatable bonds is 2. The summed E-state index contributed by atoms with van der Waals surface area (Å²) in [6.45, 7) is 7.53. The molecule has 1 aliphatic rings. The molecule has 0 spiro atoms. The summed E-state index contributed by atoms with van der Waals surface area (Å²) in [5.74, 6) is 0. The summed E-state index contributed by atoms with van der Waals surface area (Å²) in [6.07, 6.45) is 3.14. The van der Waals surface area contributed by atoms with E-state index >= 15 is 0 Å². The molecule has 0 aliphatic carbocycles. The molecule has 14 heavy (non-hydrogen) atoms. The third kappa shape index (κ3) is 2.11. The van der Waals surface area contributed by atoms with Crippen LogP contribution in [0, 0.1) is 0 Å². The van der Waals surface area contributed by atoms with Crippen LogP contribution in [0.25, 0.3) is 0 Å². The van der Waals surface area contributed by atoms with Crippen LogP contribution in [-0.4, -0.2) is 30.1 Å². The van der Waals surface area contributed by atoms with Gasteiger partial charge in [-0.2, -0.15) is 4.31 Å². The molecule has 84 valence electrons. The van der Waals surface area contributed by atoms with Crippen molar-refractivity contribution in [3.8, 4) is 0 Å². The molecule has 0 unspecified atom stereocenters. The highest BCUT2D eigenvalue weighted by atomic mass is 32.2. The van der Waals surface area contributed by atoms with Crippen molar-refractivity contribution in [1.29, 1.82) is 0 Å². The summed E-state index contributed by atoms with van der Waals surface area (Å²) in [5, 5.41) is -0.300. The van der Waals surface area contributed by atoms with E-state index in [-0.39, 0.29) is 17.3 Å². The van der Waals surface area contributed by atoms with Crippen molar-refractivity contribution in [2.45, 2.75) is 64.3 Å². The predicted octanol–water partition coefficient (Wildman–Crippen LogP) is 1.99. The Balaban J connectivity index is 2.93. The average molecular weight is 219 g/mol. The molecular weight excluding hydrogens is 198 g/mol. The highest BCUT2D eigenvalue weighted by Crippen LogP contribution is 2.27. The van der Waals surface area contributed by atoms with Gasteiger partial charge in [-0.3, -0.25) is 0 Å². The molecule has 0 radical (unpaired) electrons. The van der Waals surface area contributed by atoms with Gasteiger partial charge in [0.25, 0.3) is 0 Å². The van der Waals surface area contributed by atoms with Gasteiger partial charge in [0.15, 0.2) is 0 Å². The summed E-state index contributed by atoms with van der Waals surface area (Å²) in [7, 11) is -3.07. The van der Waals surface area contributed by atoms with E-state index in [0.717, 1.165) is 19.3 Å². The van der Waals surface area contributed by atoms with E-state index in [9.17, 15) is 8.42 Å². The van der Waals surface area contributed by atoms with Crippen LogP contribution in [0.15, 0.2) is 0 Å². The third-order valence-electron chi connectivity index (χ3n) is 3.00. The SMILES string of the molecule is CC(C)S(=O)(=O)N1[C@H](C)CCC[C@@H]1C. The molecule has 1 saturated heterocycles. The zero-order valence-electron chi connectivity index (χ0n) is 9.53. The molecule has 0 amide bonds. The van der Waals surface area contributed by atoms with Gasteiger partial charge in [-0.15, -0.1) is 0 Å². The van der Waals surface area contributed by atoms with E-state index in [1.165, 1.54) is 0 Å². The van der Waals surface area contributed by atoms with E-state index in [0.29, 0.717) is 0 Å². The highest BCUT2D eigenvalue weighted by Gasteiger charge is 2.35. The van der Waals surface area contributed by atoms with Crippen LogP contribution in [0.2, 0.25) is 0 Å². The fourth-order valence-corrected chi connectivity index (χ4v) is 3.84. The summed E-state index contributed by atoms with van der Waals surface area (Å²) in [6, 6.07) is 0.345. The minimum absolute atomic E-state index is 0.172. The number of piperidine rings is 1. The maximum absolute atomic E-state index is 12.0. The van der Waals surface area contributed by atoms with Gasteiger partial charge in [-0.25, -0.2) is 8.42 Å². The number of hydrogen-bond donors (Lipinski definition) is 0. The lowest BCUT2D eigenvalue weighted by molar-refractivity contribution is 0.203. The van der Waals surface area contributed by atoms with Crippen LogP contribution in [0.4, 0.5) is 0 Å². The van der Waals surface area contributed by atoms with Gasteiger partial charge in [0.1, 0.15) is 0 Å². The first-order valence-corrected chi connectivity index (χ1v) is 6.90. The van der Waals surface area contributed by atoms with Crippen LogP contribution in [0.5, 0.6) is 0 Å². The minimum Gasteiger partial charge on any atom is -0.212 e. The zero-order valence-corrected chi connectivity index (χ0v) is 10.3. The third-order valence-corrected chi connectivity index (χ3v) is 5.50. The summed E-state index contributed by atoms with van der Waals surface area (Å²) >= 11 is 0. The lowest BCUT2D eigenvalue weighted by Crippen LogP contribution is -2.49. The Bertz CT molecular complexity index is 274. The molecule has 1 heterocycles. The first-order chi connectivity index (χ1) is 6.37. The smallest absolute Gasteiger partial charge is 0.212 e. The van der Waals surface area contributed by atoms with E-state index in [2.05, 4.69) is 0 Å². The molecule has 0 aromatic rings. The molecule has 0 aromatic heterocycles. The second-order valence-corrected chi connectivity index (χ2v) is 6.95. The normalized spacial score (nSPS) is 30.9. The Morgan fingerprint density at radius 2 is 1.57 bits per heavy atom. The average Bonchev–Trinajstić information content (AvgIpc) is 2.02. The molecule has 0 aromatic carbocycles. The fourth-order valence-electron chi connectivity index (χ4n) is 2.14. The summed E-state index contributed by atoms with van der Waals surface area (Å²) in [5.41, 5.74) is 0. The van der Waals surface area contributed by atoms with Gasteiger partial charge in [0.2, 0.25) is 10.0 Å². The summed E-state index contributed by atoms with van der Waals surface area (Å²) in [4.78, 5) is 0. The van der Waals surface area contributed by atoms with E-state index in [4.69, 9.17) is 0 Å². The standard InChI is InChI=1S/C10H21NO2S/c1-8(2)14(12,13)11-9(3)6-5-7-10(11)4/h8-10H,5-7H2,1-4H3/t9-,10+. The Hall–Kier alpha value is -0.0900. The minimum atomic E-state index is -3.07. The van der Waals surface area contributed by atoms with Crippen LogP contribution >= 0.6 is 0 Å². The molecule has 0 bridgehead atoms. The Labute approximate surface area is 87.5 Å². The number of hydrogen-bond acceptors (Lipinski definition) is 2. The molecule has 1 rings (SSSR count). The van der Waals surface area contributed by atoms with Crippen molar-refractivity contribution in [3.63, 3.8) is 0 Å². The maximum atomic E-state index is 12.0. The molecule has 0 saturated carbocycles. The van der Waals surface area contributed by atoms with Crippen LogP contribution in [-0.2, 0) is 10.0 Å². The molecule has 1 aliphatic heterocycles. The molecule has 3 nitrogen and oxygen atoms in total. The molecule has 0 N–H and O–H groups in total. The fraction of sp³-hybridized carbons (Fsp3) is 1.00. The monoisotopic (exact) mass is 219 g/mol. The van der Waals surface area contributed by atoms with Gasteiger partial charge in [-0.1, -0.05) is 6.42 Å². The topological polar surface area (TPSA) is 37.4 Å². The van der Waals surface area contributed by atoms with Crippen LogP contribution in [0.3, 0.4) is 0 Å². The van der Waals surface area contributed by atoms with Crippen LogP contribution < -0.4 is 0 Å². The number of sulfonamides is 1. The van der Waals surface area contributed by atoms with Crippen LogP contribution in [0.1, 0.15) is 47.0 Å². The Kier molecular flexibility index (Phi) is 3.58. The first kappa shape index (κ1) is 12.0. The predicted molar refractivity (Wildman–Crippen MR) is 58.7 cm³/mol. The first-order valence-electron chi connectivity index (χ1n) is 5.39. The maximum Gasteiger partial charge on any atom is 0.216 e. The van der Waals surface area contributed by atoms with Crippen molar-refractivity contribution in [2.24, 2.45) is 0 Å². The summed E-state index contributed by atoms with van der Waals surface area (Å²) < 4.78 is 25.8. The van der Waals surface area contributed by atoms with Crippen molar-refractivity contribution < 1.29 is 8.42 Å². The highest BCUT2D eigenvalue weighted by molar-refractivity contribution is 7.89. The van der Waals surface area contributed by atoms with Gasteiger partial charge in [0.05, 0.1) is 5.25 Å². The van der Waals surface area contributed by atoms with Gasteiger partial charge in [-0.05, 0) is 40.5 Å². The molecule has 4 heteroatoms. The second kappa shape index (κ2) is 4.19. The van der Waals surface area contributed by atoms with Gasteiger partial charge in [0, 0.05) is 12.1 Å². The number of nitrogens with zero attached hydrogens (tertiary/aromatic N) is 1. The van der Waals surface area contributed by atoms with Crippen molar-refractivity contribution >= 4 is 10.0 Å². The molecule has 1 fully saturated rings. The van der Waals surface area contributed by atoms with Crippen molar-refractivity contribution in [3.05, 3.63) is 0 Å². The van der Waals surface area contributed by atoms with Gasteiger partial charge >= 0.3 is 0 Å². The van der Waals surface area contributed by atoms with E-state index in [1.807, 2.05) is 13.8 Å². The Morgan fingerprint density at radius 3 is 1.93 bits per heavy atom. The van der Waals surface area contributed by atoms with Crippen molar-refractivity contribution in [1.82, 2.24) is 4.31 Å². The Morgan fingerprint density at radius 1 is 1.14 bits per heavy atom. The van der Waals surface area contributed by atoms with Gasteiger partial charge < -0.3 is 0 Å². The van der Waals surface area contributed by atoms with Crippen molar-refractivity contribution in [2.75, 3.05) is 0 Å². The van der Waals surface area contributed by atoms with E-state index in [1.54, 1.807) is 18.2 Å². The lowest BCUT2D eigenvalue weighted by atomic mass is 10.0. The second-order valence-electron chi connectivity index (χ2n) is 4.55. The molecule has 2 atom stereocenters. The zero-order chi connectivity index (χ0) is 10.9.